The highest BCUT2D eigenvalue weighted by molar-refractivity contribution is 5.90. The summed E-state index contributed by atoms with van der Waals surface area (Å²) in [5.41, 5.74) is 3.64. The monoisotopic (exact) mass is 663 g/mol. The standard InChI is InChI=1S/C42H66N2O4/c1-7-9-11-13-15-19-23-35-47-41(45)37-25-29-39(30-26-37)43(3,4)33-21-17-18-22-34-44(5,6)40-31-27-38(28-32-40)42(46)48-36-24-20-16-14-12-10-8-2/h7-8,25-32H,1-2,9-24,33-36H2,3-6H3/q+2. The van der Waals surface area contributed by atoms with E-state index in [2.05, 4.69) is 65.6 Å². The van der Waals surface area contributed by atoms with E-state index in [0.29, 0.717) is 24.3 Å². The summed E-state index contributed by atoms with van der Waals surface area (Å²) in [6.07, 6.45) is 21.9. The van der Waals surface area contributed by atoms with Crippen molar-refractivity contribution < 1.29 is 19.1 Å². The Morgan fingerprint density at radius 3 is 1.17 bits per heavy atom. The number of unbranched alkanes of at least 4 members (excludes halogenated alkanes) is 13. The highest BCUT2D eigenvalue weighted by Crippen LogP contribution is 2.23. The molecule has 0 aromatic heterocycles. The molecule has 2 aromatic rings. The predicted octanol–water partition coefficient (Wildman–Crippen LogP) is 10.4. The first-order valence-electron chi connectivity index (χ1n) is 18.5. The number of allylic oxidation sites excluding steroid dienone is 2. The van der Waals surface area contributed by atoms with Gasteiger partial charge in [0.05, 0.1) is 65.6 Å². The Labute approximate surface area is 293 Å². The minimum Gasteiger partial charge on any atom is -0.462 e. The van der Waals surface area contributed by atoms with Gasteiger partial charge >= 0.3 is 11.9 Å². The van der Waals surface area contributed by atoms with Gasteiger partial charge in [-0.2, -0.15) is 0 Å². The number of carbonyl (C=O) groups is 2. The second-order valence-electron chi connectivity index (χ2n) is 14.3. The van der Waals surface area contributed by atoms with E-state index in [1.54, 1.807) is 0 Å². The van der Waals surface area contributed by atoms with Gasteiger partial charge in [-0.3, -0.25) is 8.97 Å². The molecular weight excluding hydrogens is 596 g/mol. The smallest absolute Gasteiger partial charge is 0.338 e. The van der Waals surface area contributed by atoms with Crippen LogP contribution in [0.5, 0.6) is 0 Å². The van der Waals surface area contributed by atoms with E-state index in [9.17, 15) is 9.59 Å². The Bertz CT molecular complexity index is 1110. The van der Waals surface area contributed by atoms with Crippen molar-refractivity contribution in [2.24, 2.45) is 0 Å². The van der Waals surface area contributed by atoms with Crippen molar-refractivity contribution in [3.8, 4) is 0 Å². The van der Waals surface area contributed by atoms with Crippen LogP contribution in [0.15, 0.2) is 73.8 Å². The topological polar surface area (TPSA) is 52.6 Å². The lowest BCUT2D eigenvalue weighted by Gasteiger charge is -2.30. The molecule has 6 nitrogen and oxygen atoms in total. The van der Waals surface area contributed by atoms with Crippen molar-refractivity contribution in [1.29, 1.82) is 0 Å². The Morgan fingerprint density at radius 2 is 0.812 bits per heavy atom. The largest absolute Gasteiger partial charge is 0.462 e. The zero-order chi connectivity index (χ0) is 35.1. The molecule has 2 rings (SSSR count). The van der Waals surface area contributed by atoms with Crippen molar-refractivity contribution in [3.05, 3.63) is 85.0 Å². The average molecular weight is 663 g/mol. The maximum absolute atomic E-state index is 12.5. The fourth-order valence-electron chi connectivity index (χ4n) is 5.97. The molecule has 0 N–H and O–H groups in total. The van der Waals surface area contributed by atoms with E-state index in [1.165, 1.54) is 62.7 Å². The molecule has 0 amide bonds. The minimum absolute atomic E-state index is 0.231. The molecule has 48 heavy (non-hydrogen) atoms. The van der Waals surface area contributed by atoms with Crippen LogP contribution in [0.3, 0.4) is 0 Å². The summed E-state index contributed by atoms with van der Waals surface area (Å²) >= 11 is 0. The van der Waals surface area contributed by atoms with Gasteiger partial charge in [-0.15, -0.1) is 13.2 Å². The number of nitrogens with zero attached hydrogens (tertiary/aromatic N) is 2. The SMILES string of the molecule is C=CCCCCCCCOC(=O)c1ccc([N+](C)(C)CCCCCC[N+](C)(C)c2ccc(C(=O)OCCCCCCCC=C)cc2)cc1. The molecule has 0 aliphatic carbocycles. The fourth-order valence-corrected chi connectivity index (χ4v) is 5.97. The van der Waals surface area contributed by atoms with E-state index in [4.69, 9.17) is 9.47 Å². The maximum atomic E-state index is 12.5. The van der Waals surface area contributed by atoms with Crippen LogP contribution in [0.1, 0.15) is 123 Å². The van der Waals surface area contributed by atoms with Crippen molar-refractivity contribution >= 4 is 23.3 Å². The summed E-state index contributed by atoms with van der Waals surface area (Å²) < 4.78 is 12.6. The molecule has 0 unspecified atom stereocenters. The van der Waals surface area contributed by atoms with Crippen LogP contribution in [-0.4, -0.2) is 66.4 Å². The number of rotatable bonds is 27. The van der Waals surface area contributed by atoms with Gasteiger partial charge in [0.15, 0.2) is 0 Å². The van der Waals surface area contributed by atoms with Gasteiger partial charge in [-0.05, 0) is 113 Å². The first kappa shape index (κ1) is 41.0. The van der Waals surface area contributed by atoms with Gasteiger partial charge in [0, 0.05) is 0 Å². The molecule has 2 aromatic carbocycles. The Kier molecular flexibility index (Phi) is 19.8. The number of benzene rings is 2. The number of hydrogen-bond donors (Lipinski definition) is 0. The number of esters is 2. The van der Waals surface area contributed by atoms with Gasteiger partial charge in [-0.25, -0.2) is 9.59 Å². The molecule has 0 aliphatic heterocycles. The third-order valence-electron chi connectivity index (χ3n) is 9.36. The lowest BCUT2D eigenvalue weighted by atomic mass is 10.1. The quantitative estimate of drug-likeness (QED) is 0.0413. The van der Waals surface area contributed by atoms with Gasteiger partial charge in [0.1, 0.15) is 11.4 Å². The summed E-state index contributed by atoms with van der Waals surface area (Å²) in [5.74, 6) is -0.462. The van der Waals surface area contributed by atoms with Gasteiger partial charge < -0.3 is 9.47 Å². The molecule has 266 valence electrons. The number of hydrogen-bond acceptors (Lipinski definition) is 4. The molecule has 0 aliphatic rings. The molecule has 0 spiro atoms. The van der Waals surface area contributed by atoms with Gasteiger partial charge in [0.2, 0.25) is 0 Å². The Balaban J connectivity index is 1.64. The molecule has 0 saturated carbocycles. The van der Waals surface area contributed by atoms with E-state index >= 15 is 0 Å². The number of carbonyl (C=O) groups excluding carboxylic acids is 2. The molecular formula is C42H66N2O4+2. The molecule has 0 atom stereocenters. The summed E-state index contributed by atoms with van der Waals surface area (Å²) in [6.45, 7) is 10.6. The summed E-state index contributed by atoms with van der Waals surface area (Å²) in [4.78, 5) is 25.0. The second-order valence-corrected chi connectivity index (χ2v) is 14.3. The number of ether oxygens (including phenoxy) is 2. The van der Waals surface area contributed by atoms with E-state index in [1.807, 2.05) is 36.4 Å². The van der Waals surface area contributed by atoms with Crippen molar-refractivity contribution in [3.63, 3.8) is 0 Å². The third kappa shape index (κ3) is 16.3. The number of quaternary nitrogens is 2. The zero-order valence-electron chi connectivity index (χ0n) is 30.9. The minimum atomic E-state index is -0.231. The van der Waals surface area contributed by atoms with E-state index < -0.39 is 0 Å². The van der Waals surface area contributed by atoms with Crippen LogP contribution in [0.25, 0.3) is 0 Å². The van der Waals surface area contributed by atoms with Gasteiger partial charge in [0.25, 0.3) is 0 Å². The van der Waals surface area contributed by atoms with Crippen LogP contribution in [0.2, 0.25) is 0 Å². The van der Waals surface area contributed by atoms with Crippen LogP contribution >= 0.6 is 0 Å². The predicted molar refractivity (Wildman–Crippen MR) is 205 cm³/mol. The molecule has 0 saturated heterocycles. The van der Waals surface area contributed by atoms with Crippen LogP contribution in [0.4, 0.5) is 11.4 Å². The zero-order valence-corrected chi connectivity index (χ0v) is 30.9. The highest BCUT2D eigenvalue weighted by atomic mass is 16.5. The molecule has 6 heteroatoms. The van der Waals surface area contributed by atoms with Crippen LogP contribution in [0, 0.1) is 0 Å². The normalized spacial score (nSPS) is 11.7. The van der Waals surface area contributed by atoms with Crippen LogP contribution in [-0.2, 0) is 9.47 Å². The molecule has 0 radical (unpaired) electrons. The second kappa shape index (κ2) is 23.2. The Hall–Kier alpha value is -3.22. The first-order valence-corrected chi connectivity index (χ1v) is 18.5. The third-order valence-corrected chi connectivity index (χ3v) is 9.36. The summed E-state index contributed by atoms with van der Waals surface area (Å²) in [5, 5.41) is 0. The van der Waals surface area contributed by atoms with E-state index in [-0.39, 0.29) is 11.9 Å². The lowest BCUT2D eigenvalue weighted by Crippen LogP contribution is -2.41. The summed E-state index contributed by atoms with van der Waals surface area (Å²) in [7, 11) is 8.92. The van der Waals surface area contributed by atoms with Gasteiger partial charge in [-0.1, -0.05) is 50.7 Å². The van der Waals surface area contributed by atoms with Crippen molar-refractivity contribution in [2.75, 3.05) is 54.5 Å². The van der Waals surface area contributed by atoms with Crippen LogP contribution < -0.4 is 8.97 Å². The Morgan fingerprint density at radius 1 is 0.500 bits per heavy atom. The lowest BCUT2D eigenvalue weighted by molar-refractivity contribution is 0.0488. The first-order chi connectivity index (χ1) is 23.1. The molecule has 0 heterocycles. The highest BCUT2D eigenvalue weighted by Gasteiger charge is 2.21. The molecule has 0 fully saturated rings. The fraction of sp³-hybridized carbons (Fsp3) is 0.571. The average Bonchev–Trinajstić information content (AvgIpc) is 3.08. The van der Waals surface area contributed by atoms with Crippen molar-refractivity contribution in [1.82, 2.24) is 8.97 Å². The van der Waals surface area contributed by atoms with E-state index in [0.717, 1.165) is 73.4 Å². The molecule has 0 bridgehead atoms. The summed E-state index contributed by atoms with van der Waals surface area (Å²) in [6, 6.07) is 15.9. The van der Waals surface area contributed by atoms with Crippen molar-refractivity contribution in [2.45, 2.75) is 103 Å². The maximum Gasteiger partial charge on any atom is 0.338 e.